The van der Waals surface area contributed by atoms with Gasteiger partial charge in [0.05, 0.1) is 4.92 Å². The van der Waals surface area contributed by atoms with Crippen LogP contribution in [0.1, 0.15) is 5.56 Å². The molecule has 0 aliphatic rings. The molecule has 2 rings (SSSR count). The molecule has 1 aromatic carbocycles. The normalized spacial score (nSPS) is 10.2. The molecule has 2 N–H and O–H groups in total. The number of halogens is 1. The van der Waals surface area contributed by atoms with Crippen molar-refractivity contribution in [2.75, 3.05) is 5.73 Å². The number of nitrogens with zero attached hydrogens (tertiary/aromatic N) is 3. The van der Waals surface area contributed by atoms with E-state index in [4.69, 9.17) is 22.1 Å². The van der Waals surface area contributed by atoms with Crippen LogP contribution in [0, 0.1) is 17.0 Å². The van der Waals surface area contributed by atoms with E-state index in [2.05, 4.69) is 9.97 Å². The summed E-state index contributed by atoms with van der Waals surface area (Å²) in [6, 6.07) is 4.85. The third kappa shape index (κ3) is 2.71. The first-order valence-electron chi connectivity index (χ1n) is 5.18. The van der Waals surface area contributed by atoms with Gasteiger partial charge in [-0.1, -0.05) is 11.6 Å². The SMILES string of the molecule is Cc1cc(Oc2ncnc(N)c2[N+](=O)[O-])ccc1Cl. The number of rotatable bonds is 3. The zero-order valence-electron chi connectivity index (χ0n) is 9.83. The molecule has 0 unspecified atom stereocenters. The van der Waals surface area contributed by atoms with Gasteiger partial charge in [-0.05, 0) is 30.7 Å². The number of aryl methyl sites for hydroxylation is 1. The Morgan fingerprint density at radius 1 is 1.42 bits per heavy atom. The fraction of sp³-hybridized carbons (Fsp3) is 0.0909. The Kier molecular flexibility index (Phi) is 3.48. The highest BCUT2D eigenvalue weighted by Gasteiger charge is 2.23. The summed E-state index contributed by atoms with van der Waals surface area (Å²) in [5, 5.41) is 11.5. The summed E-state index contributed by atoms with van der Waals surface area (Å²) in [4.78, 5) is 17.5. The number of nitro groups is 1. The lowest BCUT2D eigenvalue weighted by molar-refractivity contribution is -0.385. The molecule has 0 radical (unpaired) electrons. The van der Waals surface area contributed by atoms with Crippen molar-refractivity contribution in [1.29, 1.82) is 0 Å². The van der Waals surface area contributed by atoms with E-state index < -0.39 is 10.6 Å². The number of nitrogen functional groups attached to an aromatic ring is 1. The Hall–Kier alpha value is -2.41. The lowest BCUT2D eigenvalue weighted by atomic mass is 10.2. The van der Waals surface area contributed by atoms with Gasteiger partial charge >= 0.3 is 11.6 Å². The van der Waals surface area contributed by atoms with Crippen LogP contribution in [-0.4, -0.2) is 14.9 Å². The number of ether oxygens (including phenoxy) is 1. The highest BCUT2D eigenvalue weighted by Crippen LogP contribution is 2.33. The molecule has 0 aliphatic heterocycles. The van der Waals surface area contributed by atoms with Crippen molar-refractivity contribution >= 4 is 23.1 Å². The number of hydrogen-bond acceptors (Lipinski definition) is 6. The van der Waals surface area contributed by atoms with Gasteiger partial charge in [0.1, 0.15) is 12.1 Å². The van der Waals surface area contributed by atoms with Crippen LogP contribution >= 0.6 is 11.6 Å². The van der Waals surface area contributed by atoms with E-state index in [0.29, 0.717) is 10.8 Å². The number of aromatic nitrogens is 2. The molecule has 0 spiro atoms. The van der Waals surface area contributed by atoms with E-state index in [0.717, 1.165) is 11.9 Å². The third-order valence-electron chi connectivity index (χ3n) is 2.34. The minimum atomic E-state index is -0.687. The number of anilines is 1. The average Bonchev–Trinajstić information content (AvgIpc) is 2.33. The molecule has 0 bridgehead atoms. The average molecular weight is 281 g/mol. The Balaban J connectivity index is 2.40. The summed E-state index contributed by atoms with van der Waals surface area (Å²) in [7, 11) is 0. The van der Waals surface area contributed by atoms with Crippen LogP contribution in [0.5, 0.6) is 11.6 Å². The summed E-state index contributed by atoms with van der Waals surface area (Å²) >= 11 is 5.88. The van der Waals surface area contributed by atoms with Crippen molar-refractivity contribution < 1.29 is 9.66 Å². The molecule has 7 nitrogen and oxygen atoms in total. The molecule has 2 aromatic rings. The van der Waals surface area contributed by atoms with Crippen LogP contribution < -0.4 is 10.5 Å². The van der Waals surface area contributed by atoms with Crippen LogP contribution in [0.15, 0.2) is 24.5 Å². The summed E-state index contributed by atoms with van der Waals surface area (Å²) in [5.74, 6) is -0.0805. The van der Waals surface area contributed by atoms with E-state index in [1.807, 2.05) is 0 Å². The first kappa shape index (κ1) is 13.0. The van der Waals surface area contributed by atoms with Gasteiger partial charge in [0.15, 0.2) is 0 Å². The zero-order chi connectivity index (χ0) is 14.0. The van der Waals surface area contributed by atoms with Gasteiger partial charge in [-0.2, -0.15) is 4.98 Å². The summed E-state index contributed by atoms with van der Waals surface area (Å²) in [5.41, 5.74) is 5.75. The molecule has 0 amide bonds. The van der Waals surface area contributed by atoms with Crippen molar-refractivity contribution in [2.45, 2.75) is 6.92 Å². The fourth-order valence-electron chi connectivity index (χ4n) is 1.41. The molecule has 1 heterocycles. The quantitative estimate of drug-likeness (QED) is 0.684. The molecular formula is C11H9ClN4O3. The molecule has 1 aromatic heterocycles. The van der Waals surface area contributed by atoms with E-state index >= 15 is 0 Å². The number of hydrogen-bond donors (Lipinski definition) is 1. The van der Waals surface area contributed by atoms with E-state index in [-0.39, 0.29) is 11.7 Å². The molecule has 0 saturated heterocycles. The highest BCUT2D eigenvalue weighted by atomic mass is 35.5. The molecule has 0 saturated carbocycles. The molecular weight excluding hydrogens is 272 g/mol. The van der Waals surface area contributed by atoms with Crippen molar-refractivity contribution in [3.05, 3.63) is 45.2 Å². The maximum absolute atomic E-state index is 10.9. The maximum atomic E-state index is 10.9. The van der Waals surface area contributed by atoms with Gasteiger partial charge in [-0.15, -0.1) is 0 Å². The van der Waals surface area contributed by atoms with E-state index in [9.17, 15) is 10.1 Å². The molecule has 0 aliphatic carbocycles. The van der Waals surface area contributed by atoms with Crippen LogP contribution in [0.4, 0.5) is 11.5 Å². The van der Waals surface area contributed by atoms with Crippen molar-refractivity contribution in [3.8, 4) is 11.6 Å². The number of benzene rings is 1. The fourth-order valence-corrected chi connectivity index (χ4v) is 1.53. The highest BCUT2D eigenvalue weighted by molar-refractivity contribution is 6.31. The van der Waals surface area contributed by atoms with Crippen LogP contribution in [0.3, 0.4) is 0 Å². The second kappa shape index (κ2) is 5.07. The smallest absolute Gasteiger partial charge is 0.372 e. The first-order chi connectivity index (χ1) is 8.99. The molecule has 8 heteroatoms. The Morgan fingerprint density at radius 2 is 2.16 bits per heavy atom. The van der Waals surface area contributed by atoms with Crippen molar-refractivity contribution in [2.24, 2.45) is 0 Å². The van der Waals surface area contributed by atoms with Gasteiger partial charge in [0.25, 0.3) is 0 Å². The van der Waals surface area contributed by atoms with Gasteiger partial charge in [0.2, 0.25) is 5.82 Å². The molecule has 0 atom stereocenters. The zero-order valence-corrected chi connectivity index (χ0v) is 10.6. The first-order valence-corrected chi connectivity index (χ1v) is 5.55. The third-order valence-corrected chi connectivity index (χ3v) is 2.77. The second-order valence-corrected chi connectivity index (χ2v) is 4.09. The largest absolute Gasteiger partial charge is 0.434 e. The van der Waals surface area contributed by atoms with Crippen molar-refractivity contribution in [1.82, 2.24) is 9.97 Å². The van der Waals surface area contributed by atoms with Gasteiger partial charge in [-0.25, -0.2) is 4.98 Å². The summed E-state index contributed by atoms with van der Waals surface area (Å²) in [6.07, 6.45) is 1.10. The van der Waals surface area contributed by atoms with Crippen LogP contribution in [0.25, 0.3) is 0 Å². The van der Waals surface area contributed by atoms with E-state index in [1.54, 1.807) is 25.1 Å². The standard InChI is InChI=1S/C11H9ClN4O3/c1-6-4-7(2-3-8(6)12)19-11-9(16(17)18)10(13)14-5-15-11/h2-5H,1H3,(H2,13,14,15). The number of nitrogens with two attached hydrogens (primary N) is 1. The van der Waals surface area contributed by atoms with Crippen molar-refractivity contribution in [3.63, 3.8) is 0 Å². The van der Waals surface area contributed by atoms with Gasteiger partial charge < -0.3 is 10.5 Å². The summed E-state index contributed by atoms with van der Waals surface area (Å²) < 4.78 is 5.36. The predicted octanol–water partition coefficient (Wildman–Crippen LogP) is 2.72. The Morgan fingerprint density at radius 3 is 2.79 bits per heavy atom. The topological polar surface area (TPSA) is 104 Å². The van der Waals surface area contributed by atoms with Crippen LogP contribution in [0.2, 0.25) is 5.02 Å². The maximum Gasteiger partial charge on any atom is 0.372 e. The molecule has 19 heavy (non-hydrogen) atoms. The van der Waals surface area contributed by atoms with Gasteiger partial charge in [0, 0.05) is 5.02 Å². The monoisotopic (exact) mass is 280 g/mol. The lowest BCUT2D eigenvalue weighted by Crippen LogP contribution is -2.02. The summed E-state index contributed by atoms with van der Waals surface area (Å²) in [6.45, 7) is 1.79. The molecule has 0 fully saturated rings. The lowest BCUT2D eigenvalue weighted by Gasteiger charge is -2.07. The van der Waals surface area contributed by atoms with Gasteiger partial charge in [-0.3, -0.25) is 10.1 Å². The minimum absolute atomic E-state index is 0.209. The van der Waals surface area contributed by atoms with Crippen LogP contribution in [-0.2, 0) is 0 Å². The predicted molar refractivity (Wildman–Crippen MR) is 69.4 cm³/mol. The second-order valence-electron chi connectivity index (χ2n) is 3.68. The Bertz CT molecular complexity index is 648. The Labute approximate surface area is 113 Å². The van der Waals surface area contributed by atoms with E-state index in [1.165, 1.54) is 0 Å². The minimum Gasteiger partial charge on any atom is -0.434 e. The molecule has 98 valence electrons.